The maximum atomic E-state index is 11.4. The van der Waals surface area contributed by atoms with Gasteiger partial charge in [-0.3, -0.25) is 13.6 Å². The van der Waals surface area contributed by atoms with Crippen LogP contribution in [0.2, 0.25) is 0 Å². The average molecular weight is 212 g/mol. The molecule has 80 valence electrons. The Morgan fingerprint density at radius 2 is 1.46 bits per heavy atom. The van der Waals surface area contributed by atoms with E-state index < -0.39 is 20.2 Å². The first-order valence-electron chi connectivity index (χ1n) is 4.21. The van der Waals surface area contributed by atoms with Crippen molar-refractivity contribution in [1.82, 2.24) is 0 Å². The summed E-state index contributed by atoms with van der Waals surface area (Å²) in [5, 5.41) is 18.0. The van der Waals surface area contributed by atoms with Crippen molar-refractivity contribution in [1.29, 1.82) is 0 Å². The molecule has 5 nitrogen and oxygen atoms in total. The van der Waals surface area contributed by atoms with Gasteiger partial charge in [0.1, 0.15) is 0 Å². The van der Waals surface area contributed by atoms with Crippen molar-refractivity contribution in [2.24, 2.45) is 0 Å². The molecule has 0 radical (unpaired) electrons. The van der Waals surface area contributed by atoms with Crippen molar-refractivity contribution < 1.29 is 23.8 Å². The molecule has 0 aliphatic rings. The molecule has 2 unspecified atom stereocenters. The molecule has 0 rings (SSSR count). The van der Waals surface area contributed by atoms with E-state index in [2.05, 4.69) is 9.05 Å². The summed E-state index contributed by atoms with van der Waals surface area (Å²) in [5.74, 6) is 0. The Kier molecular flexibility index (Phi) is 5.76. The van der Waals surface area contributed by atoms with Gasteiger partial charge < -0.3 is 10.2 Å². The summed E-state index contributed by atoms with van der Waals surface area (Å²) in [6, 6.07) is 0. The molecule has 0 spiro atoms. The van der Waals surface area contributed by atoms with Crippen LogP contribution in [0.3, 0.4) is 0 Å². The molecule has 0 aromatic rings. The first kappa shape index (κ1) is 13.1. The molecular weight excluding hydrogens is 195 g/mol. The summed E-state index contributed by atoms with van der Waals surface area (Å²) in [4.78, 5) is 0. The van der Waals surface area contributed by atoms with Crippen molar-refractivity contribution in [3.8, 4) is 0 Å². The maximum Gasteiger partial charge on any atom is 0.332 e. The second kappa shape index (κ2) is 5.73. The van der Waals surface area contributed by atoms with Crippen molar-refractivity contribution in [2.45, 2.75) is 39.3 Å². The summed E-state index contributed by atoms with van der Waals surface area (Å²) in [6.07, 6.45) is -1.58. The zero-order chi connectivity index (χ0) is 10.5. The Morgan fingerprint density at radius 1 is 1.15 bits per heavy atom. The number of hydrogen-bond acceptors (Lipinski definition) is 5. The van der Waals surface area contributed by atoms with E-state index in [4.69, 9.17) is 10.2 Å². The van der Waals surface area contributed by atoms with Gasteiger partial charge in [-0.2, -0.15) is 0 Å². The molecule has 0 aliphatic carbocycles. The molecule has 0 aromatic carbocycles. The van der Waals surface area contributed by atoms with Crippen molar-refractivity contribution in [2.75, 3.05) is 6.66 Å². The highest BCUT2D eigenvalue weighted by Gasteiger charge is 2.23. The van der Waals surface area contributed by atoms with Crippen molar-refractivity contribution in [3.63, 3.8) is 0 Å². The van der Waals surface area contributed by atoms with Gasteiger partial charge in [-0.15, -0.1) is 0 Å². The van der Waals surface area contributed by atoms with Crippen LogP contribution >= 0.6 is 7.60 Å². The zero-order valence-electron chi connectivity index (χ0n) is 8.14. The zero-order valence-corrected chi connectivity index (χ0v) is 9.03. The summed E-state index contributed by atoms with van der Waals surface area (Å²) in [5.41, 5.74) is 0. The van der Waals surface area contributed by atoms with Crippen LogP contribution in [0.15, 0.2) is 0 Å². The van der Waals surface area contributed by atoms with Crippen LogP contribution < -0.4 is 0 Å². The molecule has 0 fully saturated rings. The Morgan fingerprint density at radius 3 is 1.69 bits per heavy atom. The first-order valence-corrected chi connectivity index (χ1v) is 6.20. The Labute approximate surface area is 78.2 Å². The SMILES string of the molecule is CCC(O)OP(C)(=O)OC(O)CC. The second-order valence-electron chi connectivity index (χ2n) is 2.71. The van der Waals surface area contributed by atoms with Gasteiger partial charge in [0.2, 0.25) is 0 Å². The topological polar surface area (TPSA) is 76.0 Å². The second-order valence-corrected chi connectivity index (χ2v) is 4.67. The van der Waals surface area contributed by atoms with E-state index >= 15 is 0 Å². The summed E-state index contributed by atoms with van der Waals surface area (Å²) in [7, 11) is -3.34. The van der Waals surface area contributed by atoms with E-state index in [1.807, 2.05) is 0 Å². The number of aliphatic hydroxyl groups excluding tert-OH is 2. The summed E-state index contributed by atoms with van der Waals surface area (Å²) in [6.45, 7) is 4.58. The molecule has 2 atom stereocenters. The number of rotatable bonds is 6. The third kappa shape index (κ3) is 6.18. The number of hydrogen-bond donors (Lipinski definition) is 2. The van der Waals surface area contributed by atoms with E-state index in [-0.39, 0.29) is 0 Å². The average Bonchev–Trinajstić information content (AvgIpc) is 2.02. The third-order valence-corrected chi connectivity index (χ3v) is 2.58. The van der Waals surface area contributed by atoms with Crippen LogP contribution in [0, 0.1) is 0 Å². The molecule has 0 aromatic heterocycles. The van der Waals surface area contributed by atoms with E-state index in [9.17, 15) is 4.57 Å². The van der Waals surface area contributed by atoms with Crippen LogP contribution in [0.25, 0.3) is 0 Å². The quantitative estimate of drug-likeness (QED) is 0.512. The molecule has 0 amide bonds. The van der Waals surface area contributed by atoms with Crippen molar-refractivity contribution in [3.05, 3.63) is 0 Å². The van der Waals surface area contributed by atoms with Crippen LogP contribution in [-0.2, 0) is 13.6 Å². The molecule has 0 heterocycles. The number of aliphatic hydroxyl groups is 2. The van der Waals surface area contributed by atoms with Crippen molar-refractivity contribution >= 4 is 7.60 Å². The molecule has 2 N–H and O–H groups in total. The van der Waals surface area contributed by atoms with Gasteiger partial charge in [0.05, 0.1) is 0 Å². The highest BCUT2D eigenvalue weighted by Crippen LogP contribution is 2.46. The highest BCUT2D eigenvalue weighted by atomic mass is 31.2. The molecule has 13 heavy (non-hydrogen) atoms. The first-order chi connectivity index (χ1) is 5.91. The van der Waals surface area contributed by atoms with Gasteiger partial charge in [0, 0.05) is 6.66 Å². The van der Waals surface area contributed by atoms with Gasteiger partial charge in [0.25, 0.3) is 0 Å². The van der Waals surface area contributed by atoms with Gasteiger partial charge in [-0.1, -0.05) is 13.8 Å². The Hall–Kier alpha value is 0.0700. The minimum absolute atomic E-state index is 0.323. The minimum Gasteiger partial charge on any atom is -0.368 e. The lowest BCUT2D eigenvalue weighted by Crippen LogP contribution is -2.14. The smallest absolute Gasteiger partial charge is 0.332 e. The van der Waals surface area contributed by atoms with E-state index in [0.717, 1.165) is 0 Å². The molecule has 0 aliphatic heterocycles. The normalized spacial score (nSPS) is 20.7. The molecule has 0 bridgehead atoms. The molecular formula is C7H17O5P. The predicted octanol–water partition coefficient (Wildman–Crippen LogP) is 1.30. The lowest BCUT2D eigenvalue weighted by Gasteiger charge is -2.19. The van der Waals surface area contributed by atoms with Crippen LogP contribution in [-0.4, -0.2) is 29.5 Å². The third-order valence-electron chi connectivity index (χ3n) is 1.32. The minimum atomic E-state index is -3.34. The predicted molar refractivity (Wildman–Crippen MR) is 48.3 cm³/mol. The van der Waals surface area contributed by atoms with Gasteiger partial charge in [0.15, 0.2) is 12.6 Å². The van der Waals surface area contributed by atoms with Gasteiger partial charge in [-0.25, -0.2) is 0 Å². The molecule has 6 heteroatoms. The van der Waals surface area contributed by atoms with Crippen LogP contribution in [0.5, 0.6) is 0 Å². The van der Waals surface area contributed by atoms with E-state index in [1.54, 1.807) is 13.8 Å². The molecule has 0 saturated carbocycles. The van der Waals surface area contributed by atoms with E-state index in [1.165, 1.54) is 6.66 Å². The standard InChI is InChI=1S/C7H17O5P/c1-4-6(8)11-13(3,10)12-7(9)5-2/h6-9H,4-5H2,1-3H3. The summed E-state index contributed by atoms with van der Waals surface area (Å²) >= 11 is 0. The molecule has 0 saturated heterocycles. The Bertz CT molecular complexity index is 168. The fraction of sp³-hybridized carbons (Fsp3) is 1.00. The Balaban J connectivity index is 4.00. The van der Waals surface area contributed by atoms with Crippen LogP contribution in [0.1, 0.15) is 26.7 Å². The van der Waals surface area contributed by atoms with Crippen LogP contribution in [0.4, 0.5) is 0 Å². The van der Waals surface area contributed by atoms with Gasteiger partial charge in [-0.05, 0) is 12.8 Å². The monoisotopic (exact) mass is 212 g/mol. The maximum absolute atomic E-state index is 11.4. The van der Waals surface area contributed by atoms with Gasteiger partial charge >= 0.3 is 7.60 Å². The largest absolute Gasteiger partial charge is 0.368 e. The fourth-order valence-corrected chi connectivity index (χ4v) is 1.85. The fourth-order valence-electron chi connectivity index (χ4n) is 0.616. The lowest BCUT2D eigenvalue weighted by molar-refractivity contribution is -0.0667. The highest BCUT2D eigenvalue weighted by molar-refractivity contribution is 7.53. The summed E-state index contributed by atoms with van der Waals surface area (Å²) < 4.78 is 20.8. The van der Waals surface area contributed by atoms with E-state index in [0.29, 0.717) is 12.8 Å². The lowest BCUT2D eigenvalue weighted by atomic mass is 10.5.